The zero-order valence-corrected chi connectivity index (χ0v) is 21.8. The molecule has 0 aliphatic carbocycles. The minimum Gasteiger partial charge on any atom is -0.463 e. The Labute approximate surface area is 208 Å². The number of carbonyl (C=O) groups excluding carboxylic acids is 3. The van der Waals surface area contributed by atoms with Crippen LogP contribution in [0.1, 0.15) is 49.9 Å². The van der Waals surface area contributed by atoms with Crippen LogP contribution in [0.2, 0.25) is 0 Å². The third kappa shape index (κ3) is 5.96. The van der Waals surface area contributed by atoms with E-state index in [1.165, 1.54) is 4.90 Å². The number of nitrogens with one attached hydrogen (secondary N) is 2. The molecule has 1 saturated heterocycles. The molecule has 2 aliphatic rings. The smallest absolute Gasteiger partial charge is 0.338 e. The van der Waals surface area contributed by atoms with E-state index in [1.54, 1.807) is 14.0 Å². The molecule has 1 aromatic rings. The number of ether oxygens (including phenoxy) is 1. The van der Waals surface area contributed by atoms with Gasteiger partial charge in [-0.1, -0.05) is 30.7 Å². The standard InChI is InChI=1S/C26H39N5O4/c1-7-11-27-25(33)31-13-12-30(15-19(31)5)16-21-22(24(32)35-8-2)23(28-26(34)29(21)6)20-14-17(3)9-10-18(20)4/h9-10,14,19,23H,7-8,11-13,15-16H2,1-6H3,(H,27,33)(H,28,34)/t19-,23+/m0/s1. The minimum absolute atomic E-state index is 0.00443. The lowest BCUT2D eigenvalue weighted by molar-refractivity contribution is -0.139. The van der Waals surface area contributed by atoms with Crippen molar-refractivity contribution in [2.45, 2.75) is 53.1 Å². The lowest BCUT2D eigenvalue weighted by Crippen LogP contribution is -2.58. The topological polar surface area (TPSA) is 94.2 Å². The highest BCUT2D eigenvalue weighted by atomic mass is 16.5. The molecule has 2 heterocycles. The summed E-state index contributed by atoms with van der Waals surface area (Å²) in [6.45, 7) is 13.0. The number of esters is 1. The quantitative estimate of drug-likeness (QED) is 0.579. The summed E-state index contributed by atoms with van der Waals surface area (Å²) in [4.78, 5) is 44.3. The Hall–Kier alpha value is -3.07. The molecular weight excluding hydrogens is 446 g/mol. The fourth-order valence-corrected chi connectivity index (χ4v) is 4.73. The Morgan fingerprint density at radius 1 is 1.20 bits per heavy atom. The van der Waals surface area contributed by atoms with Crippen LogP contribution in [-0.4, -0.2) is 85.2 Å². The van der Waals surface area contributed by atoms with Crippen molar-refractivity contribution in [3.05, 3.63) is 46.2 Å². The first kappa shape index (κ1) is 26.5. The van der Waals surface area contributed by atoms with Crippen molar-refractivity contribution in [2.75, 3.05) is 46.4 Å². The first-order valence-electron chi connectivity index (χ1n) is 12.5. The molecule has 0 bridgehead atoms. The Morgan fingerprint density at radius 2 is 1.94 bits per heavy atom. The summed E-state index contributed by atoms with van der Waals surface area (Å²) in [6, 6.07) is 5.14. The van der Waals surface area contributed by atoms with Crippen LogP contribution in [0.5, 0.6) is 0 Å². The van der Waals surface area contributed by atoms with E-state index < -0.39 is 12.0 Å². The van der Waals surface area contributed by atoms with Gasteiger partial charge >= 0.3 is 18.0 Å². The number of likely N-dealkylation sites (N-methyl/N-ethyl adjacent to an activating group) is 1. The summed E-state index contributed by atoms with van der Waals surface area (Å²) in [7, 11) is 1.68. The predicted octanol–water partition coefficient (Wildman–Crippen LogP) is 2.94. The summed E-state index contributed by atoms with van der Waals surface area (Å²) in [6.07, 6.45) is 0.890. The van der Waals surface area contributed by atoms with E-state index in [0.717, 1.165) is 23.1 Å². The van der Waals surface area contributed by atoms with E-state index in [4.69, 9.17) is 4.74 Å². The Bertz CT molecular complexity index is 992. The zero-order valence-electron chi connectivity index (χ0n) is 21.8. The summed E-state index contributed by atoms with van der Waals surface area (Å²) < 4.78 is 5.46. The van der Waals surface area contributed by atoms with Crippen LogP contribution in [0.3, 0.4) is 0 Å². The molecule has 2 atom stereocenters. The number of hydrogen-bond donors (Lipinski definition) is 2. The molecule has 9 nitrogen and oxygen atoms in total. The zero-order chi connectivity index (χ0) is 25.7. The van der Waals surface area contributed by atoms with Crippen LogP contribution >= 0.6 is 0 Å². The molecule has 35 heavy (non-hydrogen) atoms. The van der Waals surface area contributed by atoms with Crippen molar-refractivity contribution in [3.63, 3.8) is 0 Å². The molecular formula is C26H39N5O4. The number of nitrogens with zero attached hydrogens (tertiary/aromatic N) is 3. The SMILES string of the molecule is CCCNC(=O)N1CCN(CC2=C(C(=O)OCC)[C@@H](c3cc(C)ccc3C)NC(=O)N2C)C[C@@H]1C. The third-order valence-electron chi connectivity index (χ3n) is 6.69. The fourth-order valence-electron chi connectivity index (χ4n) is 4.73. The number of benzene rings is 1. The number of aryl methyl sites for hydroxylation is 2. The molecule has 3 rings (SSSR count). The number of carbonyl (C=O) groups is 3. The molecule has 0 saturated carbocycles. The van der Waals surface area contributed by atoms with Gasteiger partial charge in [0.05, 0.1) is 18.2 Å². The molecule has 1 aromatic carbocycles. The highest BCUT2D eigenvalue weighted by molar-refractivity contribution is 5.95. The van der Waals surface area contributed by atoms with E-state index in [0.29, 0.717) is 44.0 Å². The molecule has 2 N–H and O–H groups in total. The van der Waals surface area contributed by atoms with Gasteiger partial charge in [-0.05, 0) is 45.2 Å². The molecule has 0 spiro atoms. The first-order valence-corrected chi connectivity index (χ1v) is 12.5. The van der Waals surface area contributed by atoms with Gasteiger partial charge in [-0.15, -0.1) is 0 Å². The number of urea groups is 2. The van der Waals surface area contributed by atoms with Crippen molar-refractivity contribution < 1.29 is 19.1 Å². The highest BCUT2D eigenvalue weighted by Crippen LogP contribution is 2.33. The summed E-state index contributed by atoms with van der Waals surface area (Å²) in [5.41, 5.74) is 4.02. The van der Waals surface area contributed by atoms with Gasteiger partial charge in [0.2, 0.25) is 0 Å². The Balaban J connectivity index is 1.93. The van der Waals surface area contributed by atoms with Crippen LogP contribution < -0.4 is 10.6 Å². The first-order chi connectivity index (χ1) is 16.7. The van der Waals surface area contributed by atoms with Crippen LogP contribution in [0.25, 0.3) is 0 Å². The molecule has 1 fully saturated rings. The molecule has 0 unspecified atom stereocenters. The molecule has 4 amide bonds. The van der Waals surface area contributed by atoms with Crippen LogP contribution in [0.4, 0.5) is 9.59 Å². The molecule has 0 aromatic heterocycles. The molecule has 2 aliphatic heterocycles. The maximum absolute atomic E-state index is 13.3. The Morgan fingerprint density at radius 3 is 2.60 bits per heavy atom. The summed E-state index contributed by atoms with van der Waals surface area (Å²) in [5.74, 6) is -0.425. The second kappa shape index (κ2) is 11.6. The van der Waals surface area contributed by atoms with Gasteiger partial charge in [0, 0.05) is 51.5 Å². The largest absolute Gasteiger partial charge is 0.463 e. The van der Waals surface area contributed by atoms with Gasteiger partial charge in [0.25, 0.3) is 0 Å². The summed E-state index contributed by atoms with van der Waals surface area (Å²) in [5, 5.41) is 5.95. The Kier molecular flexibility index (Phi) is 8.77. The second-order valence-corrected chi connectivity index (χ2v) is 9.39. The molecule has 0 radical (unpaired) electrons. The van der Waals surface area contributed by atoms with Gasteiger partial charge in [-0.2, -0.15) is 0 Å². The number of hydrogen-bond acceptors (Lipinski definition) is 5. The highest BCUT2D eigenvalue weighted by Gasteiger charge is 2.39. The van der Waals surface area contributed by atoms with Gasteiger partial charge in [0.1, 0.15) is 0 Å². The van der Waals surface area contributed by atoms with Crippen LogP contribution in [0, 0.1) is 13.8 Å². The average Bonchev–Trinajstić information content (AvgIpc) is 2.82. The van der Waals surface area contributed by atoms with E-state index in [1.807, 2.05) is 50.8 Å². The van der Waals surface area contributed by atoms with E-state index in [2.05, 4.69) is 15.5 Å². The van der Waals surface area contributed by atoms with E-state index >= 15 is 0 Å². The van der Waals surface area contributed by atoms with Gasteiger partial charge < -0.3 is 20.3 Å². The number of piperazine rings is 1. The van der Waals surface area contributed by atoms with Crippen molar-refractivity contribution >= 4 is 18.0 Å². The monoisotopic (exact) mass is 485 g/mol. The molecule has 9 heteroatoms. The molecule has 192 valence electrons. The predicted molar refractivity (Wildman–Crippen MR) is 135 cm³/mol. The van der Waals surface area contributed by atoms with Gasteiger partial charge in [-0.25, -0.2) is 14.4 Å². The second-order valence-electron chi connectivity index (χ2n) is 9.39. The maximum Gasteiger partial charge on any atom is 0.338 e. The minimum atomic E-state index is -0.591. The number of amides is 4. The maximum atomic E-state index is 13.3. The normalized spacial score (nSPS) is 21.1. The van der Waals surface area contributed by atoms with Crippen molar-refractivity contribution in [2.24, 2.45) is 0 Å². The van der Waals surface area contributed by atoms with Gasteiger partial charge in [-0.3, -0.25) is 9.80 Å². The van der Waals surface area contributed by atoms with Crippen LogP contribution in [-0.2, 0) is 9.53 Å². The summed E-state index contributed by atoms with van der Waals surface area (Å²) >= 11 is 0. The third-order valence-corrected chi connectivity index (χ3v) is 6.69. The van der Waals surface area contributed by atoms with Gasteiger partial charge in [0.15, 0.2) is 0 Å². The van der Waals surface area contributed by atoms with E-state index in [9.17, 15) is 14.4 Å². The lowest BCUT2D eigenvalue weighted by Gasteiger charge is -2.42. The average molecular weight is 486 g/mol. The van der Waals surface area contributed by atoms with E-state index in [-0.39, 0.29) is 24.7 Å². The fraction of sp³-hybridized carbons (Fsp3) is 0.577. The van der Waals surface area contributed by atoms with Crippen LogP contribution in [0.15, 0.2) is 29.5 Å². The van der Waals surface area contributed by atoms with Crippen molar-refractivity contribution in [1.82, 2.24) is 25.3 Å². The van der Waals surface area contributed by atoms with Crippen molar-refractivity contribution in [3.8, 4) is 0 Å². The number of rotatable bonds is 7. The van der Waals surface area contributed by atoms with Crippen molar-refractivity contribution in [1.29, 1.82) is 0 Å². The lowest BCUT2D eigenvalue weighted by atomic mass is 9.90.